The van der Waals surface area contributed by atoms with Crippen LogP contribution in [0, 0.1) is 17.3 Å². The predicted molar refractivity (Wildman–Crippen MR) is 78.5 cm³/mol. The molecule has 2 fully saturated rings. The lowest BCUT2D eigenvalue weighted by Gasteiger charge is -2.38. The van der Waals surface area contributed by atoms with Gasteiger partial charge in [0.2, 0.25) is 0 Å². The average molecular weight is 283 g/mol. The first kappa shape index (κ1) is 15.8. The molecule has 4 nitrogen and oxygen atoms in total. The van der Waals surface area contributed by atoms with E-state index in [0.717, 1.165) is 31.2 Å². The minimum atomic E-state index is -0.376. The number of hydrogen-bond donors (Lipinski definition) is 1. The molecule has 0 aromatic heterocycles. The van der Waals surface area contributed by atoms with Crippen molar-refractivity contribution in [1.82, 2.24) is 5.32 Å². The summed E-state index contributed by atoms with van der Waals surface area (Å²) in [6, 6.07) is 0.547. The first-order valence-corrected chi connectivity index (χ1v) is 7.97. The normalized spacial score (nSPS) is 33.6. The van der Waals surface area contributed by atoms with Crippen LogP contribution in [0.2, 0.25) is 0 Å². The van der Waals surface area contributed by atoms with Crippen molar-refractivity contribution in [3.63, 3.8) is 0 Å². The molecule has 1 saturated carbocycles. The summed E-state index contributed by atoms with van der Waals surface area (Å²) >= 11 is 0. The van der Waals surface area contributed by atoms with Gasteiger partial charge >= 0.3 is 5.97 Å². The molecule has 0 amide bonds. The summed E-state index contributed by atoms with van der Waals surface area (Å²) in [4.78, 5) is 12.2. The van der Waals surface area contributed by atoms with Gasteiger partial charge in [-0.15, -0.1) is 0 Å². The monoisotopic (exact) mass is 283 g/mol. The maximum atomic E-state index is 12.2. The van der Waals surface area contributed by atoms with E-state index in [1.807, 2.05) is 0 Å². The number of nitrogens with one attached hydrogen (secondary N) is 1. The Morgan fingerprint density at radius 3 is 2.55 bits per heavy atom. The van der Waals surface area contributed by atoms with Gasteiger partial charge in [-0.3, -0.25) is 4.79 Å². The largest absolute Gasteiger partial charge is 0.469 e. The van der Waals surface area contributed by atoms with Crippen molar-refractivity contribution >= 4 is 5.97 Å². The highest BCUT2D eigenvalue weighted by molar-refractivity contribution is 5.77. The fourth-order valence-electron chi connectivity index (χ4n) is 3.50. The molecular weight excluding hydrogens is 254 g/mol. The molecule has 2 aliphatic rings. The van der Waals surface area contributed by atoms with Gasteiger partial charge in [-0.05, 0) is 43.9 Å². The van der Waals surface area contributed by atoms with Gasteiger partial charge in [0.25, 0.3) is 0 Å². The molecule has 1 saturated heterocycles. The van der Waals surface area contributed by atoms with E-state index in [2.05, 4.69) is 19.2 Å². The molecule has 1 heterocycles. The summed E-state index contributed by atoms with van der Waals surface area (Å²) in [5, 5.41) is 3.64. The zero-order valence-corrected chi connectivity index (χ0v) is 13.1. The Kier molecular flexibility index (Phi) is 5.44. The van der Waals surface area contributed by atoms with E-state index < -0.39 is 0 Å². The summed E-state index contributed by atoms with van der Waals surface area (Å²) in [6.45, 7) is 6.73. The van der Waals surface area contributed by atoms with Gasteiger partial charge in [-0.2, -0.15) is 0 Å². The van der Waals surface area contributed by atoms with Crippen LogP contribution in [0.4, 0.5) is 0 Å². The molecule has 116 valence electrons. The van der Waals surface area contributed by atoms with Gasteiger partial charge in [0, 0.05) is 25.8 Å². The quantitative estimate of drug-likeness (QED) is 0.805. The van der Waals surface area contributed by atoms with E-state index >= 15 is 0 Å². The van der Waals surface area contributed by atoms with E-state index in [0.29, 0.717) is 19.3 Å². The molecule has 20 heavy (non-hydrogen) atoms. The summed E-state index contributed by atoms with van der Waals surface area (Å²) in [5.41, 5.74) is -0.376. The van der Waals surface area contributed by atoms with Crippen molar-refractivity contribution in [1.29, 1.82) is 0 Å². The van der Waals surface area contributed by atoms with Gasteiger partial charge in [0.05, 0.1) is 12.5 Å². The van der Waals surface area contributed by atoms with Crippen LogP contribution in [-0.2, 0) is 14.3 Å². The second-order valence-corrected chi connectivity index (χ2v) is 6.73. The first-order valence-electron chi connectivity index (χ1n) is 7.97. The molecule has 0 radical (unpaired) electrons. The van der Waals surface area contributed by atoms with Crippen molar-refractivity contribution in [2.75, 3.05) is 26.9 Å². The molecule has 0 aromatic carbocycles. The van der Waals surface area contributed by atoms with E-state index in [1.165, 1.54) is 26.4 Å². The average Bonchev–Trinajstić information content (AvgIpc) is 2.48. The number of carbonyl (C=O) groups excluding carboxylic acids is 1. The van der Waals surface area contributed by atoms with Crippen LogP contribution in [0.5, 0.6) is 0 Å². The lowest BCUT2D eigenvalue weighted by molar-refractivity contribution is -0.158. The highest BCUT2D eigenvalue weighted by atomic mass is 16.5. The molecule has 3 unspecified atom stereocenters. The Balaban J connectivity index is 1.90. The fraction of sp³-hybridized carbons (Fsp3) is 0.938. The summed E-state index contributed by atoms with van der Waals surface area (Å²) in [7, 11) is 1.49. The number of rotatable bonds is 4. The minimum absolute atomic E-state index is 0.0782. The maximum absolute atomic E-state index is 12.2. The Labute approximate surface area is 122 Å². The molecule has 4 heteroatoms. The minimum Gasteiger partial charge on any atom is -0.469 e. The third-order valence-electron chi connectivity index (χ3n) is 5.40. The van der Waals surface area contributed by atoms with Crippen LogP contribution < -0.4 is 5.32 Å². The van der Waals surface area contributed by atoms with Gasteiger partial charge in [-0.1, -0.05) is 13.8 Å². The zero-order chi connectivity index (χ0) is 14.6. The van der Waals surface area contributed by atoms with E-state index in [1.54, 1.807) is 0 Å². The van der Waals surface area contributed by atoms with Crippen LogP contribution in [0.15, 0.2) is 0 Å². The van der Waals surface area contributed by atoms with Crippen molar-refractivity contribution in [2.24, 2.45) is 17.3 Å². The van der Waals surface area contributed by atoms with Gasteiger partial charge in [0.15, 0.2) is 0 Å². The molecule has 1 N–H and O–H groups in total. The number of carbonyl (C=O) groups is 1. The Bertz CT molecular complexity index is 326. The second-order valence-electron chi connectivity index (χ2n) is 6.73. The third kappa shape index (κ3) is 3.53. The van der Waals surface area contributed by atoms with Gasteiger partial charge in [-0.25, -0.2) is 0 Å². The van der Waals surface area contributed by atoms with E-state index in [4.69, 9.17) is 9.47 Å². The topological polar surface area (TPSA) is 47.6 Å². The zero-order valence-electron chi connectivity index (χ0n) is 13.1. The number of ether oxygens (including phenoxy) is 2. The number of methoxy groups -OCH3 is 1. The third-order valence-corrected chi connectivity index (χ3v) is 5.40. The Morgan fingerprint density at radius 2 is 1.95 bits per heavy atom. The van der Waals surface area contributed by atoms with Crippen molar-refractivity contribution in [3.05, 3.63) is 0 Å². The molecule has 0 spiro atoms. The smallest absolute Gasteiger partial charge is 0.313 e. The SMILES string of the molecule is COC(=O)C1(CNC2CCC(C)C(C)C2)CCOCC1. The lowest BCUT2D eigenvalue weighted by Crippen LogP contribution is -2.49. The molecule has 1 aliphatic carbocycles. The summed E-state index contributed by atoms with van der Waals surface area (Å²) < 4.78 is 10.4. The molecule has 0 bridgehead atoms. The number of hydrogen-bond acceptors (Lipinski definition) is 4. The maximum Gasteiger partial charge on any atom is 0.313 e. The molecule has 2 rings (SSSR count). The lowest BCUT2D eigenvalue weighted by atomic mass is 9.77. The van der Waals surface area contributed by atoms with Crippen LogP contribution in [0.1, 0.15) is 46.0 Å². The number of esters is 1. The van der Waals surface area contributed by atoms with Crippen LogP contribution >= 0.6 is 0 Å². The van der Waals surface area contributed by atoms with Crippen LogP contribution in [-0.4, -0.2) is 38.9 Å². The highest BCUT2D eigenvalue weighted by Gasteiger charge is 2.41. The highest BCUT2D eigenvalue weighted by Crippen LogP contribution is 2.33. The van der Waals surface area contributed by atoms with E-state index in [-0.39, 0.29) is 11.4 Å². The predicted octanol–water partition coefficient (Wildman–Crippen LogP) is 2.37. The second kappa shape index (κ2) is 6.90. The Morgan fingerprint density at radius 1 is 1.25 bits per heavy atom. The van der Waals surface area contributed by atoms with Crippen molar-refractivity contribution in [3.8, 4) is 0 Å². The molecular formula is C16H29NO3. The summed E-state index contributed by atoms with van der Waals surface area (Å²) in [6.07, 6.45) is 5.26. The molecule has 1 aliphatic heterocycles. The standard InChI is InChI=1S/C16H29NO3/c1-12-4-5-14(10-13(12)2)17-11-16(15(18)19-3)6-8-20-9-7-16/h12-14,17H,4-11H2,1-3H3. The molecule has 3 atom stereocenters. The van der Waals surface area contributed by atoms with Crippen LogP contribution in [0.3, 0.4) is 0 Å². The van der Waals surface area contributed by atoms with Crippen molar-refractivity contribution in [2.45, 2.75) is 52.0 Å². The fourth-order valence-corrected chi connectivity index (χ4v) is 3.50. The van der Waals surface area contributed by atoms with Crippen LogP contribution in [0.25, 0.3) is 0 Å². The first-order chi connectivity index (χ1) is 9.57. The van der Waals surface area contributed by atoms with Gasteiger partial charge in [0.1, 0.15) is 0 Å². The van der Waals surface area contributed by atoms with Gasteiger partial charge < -0.3 is 14.8 Å². The molecule has 0 aromatic rings. The van der Waals surface area contributed by atoms with E-state index in [9.17, 15) is 4.79 Å². The summed E-state index contributed by atoms with van der Waals surface area (Å²) in [5.74, 6) is 1.52. The van der Waals surface area contributed by atoms with Crippen molar-refractivity contribution < 1.29 is 14.3 Å². The Hall–Kier alpha value is -0.610.